The lowest BCUT2D eigenvalue weighted by Crippen LogP contribution is -2.41. The lowest BCUT2D eigenvalue weighted by Gasteiger charge is -2.23. The highest BCUT2D eigenvalue weighted by molar-refractivity contribution is 6.32. The molecular weight excluding hydrogens is 258 g/mol. The maximum atomic E-state index is 12.3. The van der Waals surface area contributed by atoms with Crippen LogP contribution in [0.15, 0.2) is 29.3 Å². The molecule has 2 aliphatic rings. The minimum Gasteiger partial charge on any atom is -0.398 e. The van der Waals surface area contributed by atoms with Gasteiger partial charge in [-0.25, -0.2) is 4.90 Å². The number of nitrogens with one attached hydrogen (secondary N) is 1. The van der Waals surface area contributed by atoms with Crippen molar-refractivity contribution in [1.29, 1.82) is 0 Å². The van der Waals surface area contributed by atoms with E-state index in [4.69, 9.17) is 5.73 Å². The smallest absolute Gasteiger partial charge is 0.270 e. The largest absolute Gasteiger partial charge is 0.398 e. The molecule has 0 unspecified atom stereocenters. The molecular formula is C14H13N3O3. The van der Waals surface area contributed by atoms with Crippen LogP contribution in [0.4, 0.5) is 5.69 Å². The van der Waals surface area contributed by atoms with Crippen molar-refractivity contribution in [1.82, 2.24) is 10.2 Å². The first-order valence-corrected chi connectivity index (χ1v) is 6.23. The zero-order valence-electron chi connectivity index (χ0n) is 10.9. The van der Waals surface area contributed by atoms with E-state index in [0.29, 0.717) is 23.6 Å². The topological polar surface area (TPSA) is 92.5 Å². The van der Waals surface area contributed by atoms with Gasteiger partial charge in [-0.05, 0) is 24.6 Å². The molecule has 0 spiro atoms. The highest BCUT2D eigenvalue weighted by atomic mass is 16.2. The van der Waals surface area contributed by atoms with E-state index in [0.717, 1.165) is 5.57 Å². The van der Waals surface area contributed by atoms with E-state index in [1.807, 2.05) is 0 Å². The van der Waals surface area contributed by atoms with Gasteiger partial charge in [-0.15, -0.1) is 0 Å². The average molecular weight is 271 g/mol. The van der Waals surface area contributed by atoms with Gasteiger partial charge >= 0.3 is 0 Å². The quantitative estimate of drug-likeness (QED) is 0.435. The van der Waals surface area contributed by atoms with E-state index >= 15 is 0 Å². The monoisotopic (exact) mass is 271 g/mol. The molecule has 3 rings (SSSR count). The predicted octanol–water partition coefficient (Wildman–Crippen LogP) is 0.311. The van der Waals surface area contributed by atoms with Crippen molar-refractivity contribution in [3.8, 4) is 0 Å². The summed E-state index contributed by atoms with van der Waals surface area (Å²) in [5.74, 6) is -1.80. The van der Waals surface area contributed by atoms with Crippen molar-refractivity contribution in [2.24, 2.45) is 0 Å². The molecule has 0 aromatic heterocycles. The molecule has 6 nitrogen and oxygen atoms in total. The Labute approximate surface area is 115 Å². The summed E-state index contributed by atoms with van der Waals surface area (Å²) in [6.45, 7) is 2.86. The Bertz CT molecular complexity index is 685. The number of rotatable bonds is 1. The summed E-state index contributed by atoms with van der Waals surface area (Å²) in [5, 5.41) is 3.02. The number of imide groups is 3. The van der Waals surface area contributed by atoms with Crippen molar-refractivity contribution in [2.75, 3.05) is 18.8 Å². The molecule has 102 valence electrons. The Hall–Kier alpha value is -2.47. The Balaban J connectivity index is 2.02. The fourth-order valence-electron chi connectivity index (χ4n) is 2.33. The summed E-state index contributed by atoms with van der Waals surface area (Å²) in [7, 11) is 0. The maximum Gasteiger partial charge on any atom is 0.270 e. The van der Waals surface area contributed by atoms with Crippen LogP contribution in [0.3, 0.4) is 0 Å². The van der Waals surface area contributed by atoms with E-state index in [9.17, 15) is 14.4 Å². The molecule has 1 aromatic rings. The third-order valence-corrected chi connectivity index (χ3v) is 3.68. The van der Waals surface area contributed by atoms with Gasteiger partial charge < -0.3 is 11.1 Å². The lowest BCUT2D eigenvalue weighted by molar-refractivity contribution is -0.122. The van der Waals surface area contributed by atoms with Gasteiger partial charge in [0.1, 0.15) is 0 Å². The normalized spacial score (nSPS) is 17.1. The number of carbonyl (C=O) groups excluding carboxylic acids is 3. The van der Waals surface area contributed by atoms with Crippen LogP contribution in [0.5, 0.6) is 0 Å². The van der Waals surface area contributed by atoms with Gasteiger partial charge in [0.15, 0.2) is 0 Å². The highest BCUT2D eigenvalue weighted by Gasteiger charge is 2.41. The van der Waals surface area contributed by atoms with Crippen LogP contribution >= 0.6 is 0 Å². The summed E-state index contributed by atoms with van der Waals surface area (Å²) < 4.78 is 0. The van der Waals surface area contributed by atoms with Crippen LogP contribution < -0.4 is 11.1 Å². The van der Waals surface area contributed by atoms with Crippen LogP contribution in [0, 0.1) is 0 Å². The molecule has 3 amide bonds. The fraction of sp³-hybridized carbons (Fsp3) is 0.214. The third-order valence-electron chi connectivity index (χ3n) is 3.68. The van der Waals surface area contributed by atoms with Crippen molar-refractivity contribution < 1.29 is 14.4 Å². The first-order valence-electron chi connectivity index (χ1n) is 6.23. The zero-order valence-corrected chi connectivity index (χ0v) is 10.9. The number of fused-ring (bicyclic) bond motifs is 1. The van der Waals surface area contributed by atoms with Crippen molar-refractivity contribution in [3.63, 3.8) is 0 Å². The molecule has 0 radical (unpaired) electrons. The fourth-order valence-corrected chi connectivity index (χ4v) is 2.33. The van der Waals surface area contributed by atoms with Gasteiger partial charge in [-0.3, -0.25) is 14.4 Å². The third kappa shape index (κ3) is 1.58. The number of hydrogen-bond acceptors (Lipinski definition) is 5. The number of nitrogen functional groups attached to an aromatic ring is 1. The summed E-state index contributed by atoms with van der Waals surface area (Å²) in [6.07, 6.45) is 0. The number of hydrogen-bond donors (Lipinski definition) is 2. The van der Waals surface area contributed by atoms with Gasteiger partial charge in [0.05, 0.1) is 11.1 Å². The lowest BCUT2D eigenvalue weighted by atomic mass is 10.0. The molecule has 0 aliphatic carbocycles. The number of benzene rings is 1. The Morgan fingerprint density at radius 2 is 1.95 bits per heavy atom. The Morgan fingerprint density at radius 1 is 1.25 bits per heavy atom. The second kappa shape index (κ2) is 4.28. The maximum absolute atomic E-state index is 12.3. The van der Waals surface area contributed by atoms with Crippen molar-refractivity contribution in [2.45, 2.75) is 6.92 Å². The average Bonchev–Trinajstić information content (AvgIpc) is 2.60. The molecule has 20 heavy (non-hydrogen) atoms. The number of nitrogens with zero attached hydrogens (tertiary/aromatic N) is 1. The Morgan fingerprint density at radius 3 is 2.50 bits per heavy atom. The van der Waals surface area contributed by atoms with Gasteiger partial charge in [0.2, 0.25) is 0 Å². The number of nitrogens with two attached hydrogens (primary N) is 1. The molecule has 0 saturated carbocycles. The summed E-state index contributed by atoms with van der Waals surface area (Å²) in [6, 6.07) is 4.64. The van der Waals surface area contributed by atoms with E-state index < -0.39 is 17.7 Å². The van der Waals surface area contributed by atoms with E-state index in [2.05, 4.69) is 5.32 Å². The molecule has 3 N–H and O–H groups in total. The summed E-state index contributed by atoms with van der Waals surface area (Å²) in [5.41, 5.74) is 7.61. The molecule has 2 heterocycles. The van der Waals surface area contributed by atoms with Gasteiger partial charge in [0, 0.05) is 24.4 Å². The molecule has 0 atom stereocenters. The molecule has 6 heteroatoms. The van der Waals surface area contributed by atoms with Crippen LogP contribution in [0.25, 0.3) is 0 Å². The van der Waals surface area contributed by atoms with Gasteiger partial charge in [-0.1, -0.05) is 6.07 Å². The highest BCUT2D eigenvalue weighted by Crippen LogP contribution is 2.29. The molecule has 1 saturated heterocycles. The van der Waals surface area contributed by atoms with E-state index in [1.165, 1.54) is 6.07 Å². The van der Waals surface area contributed by atoms with Crippen molar-refractivity contribution in [3.05, 3.63) is 40.5 Å². The zero-order chi connectivity index (χ0) is 14.4. The van der Waals surface area contributed by atoms with Crippen LogP contribution in [-0.4, -0.2) is 35.7 Å². The SMILES string of the molecule is CC(C(=O)N1C(=O)c2cccc(N)c2C1=O)=C1CNC1. The minimum absolute atomic E-state index is 0.121. The number of anilines is 1. The molecule has 0 bridgehead atoms. The standard InChI is InChI=1S/C14H13N3O3/c1-7(8-5-16-6-8)12(18)17-13(19)9-3-2-4-10(15)11(9)14(17)20/h2-4,16H,5-6,15H2,1H3. The van der Waals surface area contributed by atoms with Crippen LogP contribution in [0.2, 0.25) is 0 Å². The van der Waals surface area contributed by atoms with Crippen LogP contribution in [0.1, 0.15) is 27.6 Å². The van der Waals surface area contributed by atoms with Gasteiger partial charge in [-0.2, -0.15) is 0 Å². The van der Waals surface area contributed by atoms with Gasteiger partial charge in [0.25, 0.3) is 17.7 Å². The van der Waals surface area contributed by atoms with E-state index in [1.54, 1.807) is 19.1 Å². The first-order chi connectivity index (χ1) is 9.52. The van der Waals surface area contributed by atoms with Crippen LogP contribution in [-0.2, 0) is 4.79 Å². The molecule has 1 fully saturated rings. The number of carbonyl (C=O) groups is 3. The second-order valence-electron chi connectivity index (χ2n) is 4.85. The molecule has 2 aliphatic heterocycles. The number of amides is 3. The minimum atomic E-state index is -0.639. The summed E-state index contributed by atoms with van der Waals surface area (Å²) >= 11 is 0. The molecule has 1 aromatic carbocycles. The predicted molar refractivity (Wildman–Crippen MR) is 71.9 cm³/mol. The Kier molecular flexibility index (Phi) is 2.69. The van der Waals surface area contributed by atoms with E-state index in [-0.39, 0.29) is 16.8 Å². The van der Waals surface area contributed by atoms with Crippen molar-refractivity contribution >= 4 is 23.4 Å². The first kappa shape index (κ1) is 12.6. The second-order valence-corrected chi connectivity index (χ2v) is 4.85. The summed E-state index contributed by atoms with van der Waals surface area (Å²) in [4.78, 5) is 37.5.